The van der Waals surface area contributed by atoms with Crippen LogP contribution >= 0.6 is 22.6 Å². The van der Waals surface area contributed by atoms with Crippen LogP contribution in [0.5, 0.6) is 0 Å². The Bertz CT molecular complexity index is 725. The molecule has 0 aliphatic heterocycles. The molecule has 0 spiro atoms. The number of rotatable bonds is 3. The normalized spacial score (nSPS) is 10.2. The van der Waals surface area contributed by atoms with Gasteiger partial charge in [0.2, 0.25) is 0 Å². The summed E-state index contributed by atoms with van der Waals surface area (Å²) in [5.41, 5.74) is 2.92. The van der Waals surface area contributed by atoms with Crippen LogP contribution in [0.25, 0.3) is 0 Å². The van der Waals surface area contributed by atoms with Gasteiger partial charge in [0, 0.05) is 9.26 Å². The maximum absolute atomic E-state index is 12.3. The van der Waals surface area contributed by atoms with E-state index in [0.717, 1.165) is 9.13 Å². The molecule has 2 aromatic rings. The molecule has 108 valence electrons. The van der Waals surface area contributed by atoms with Crippen LogP contribution in [0.1, 0.15) is 31.8 Å². The molecule has 2 rings (SSSR count). The molecule has 2 N–H and O–H groups in total. The summed E-state index contributed by atoms with van der Waals surface area (Å²) < 4.78 is 0.887. The maximum Gasteiger partial charge on any atom is 0.336 e. The molecule has 0 bridgehead atoms. The van der Waals surface area contributed by atoms with Gasteiger partial charge in [0.1, 0.15) is 0 Å². The Balaban J connectivity index is 2.30. The van der Waals surface area contributed by atoms with E-state index in [2.05, 4.69) is 27.9 Å². The summed E-state index contributed by atoms with van der Waals surface area (Å²) in [4.78, 5) is 23.4. The number of carbonyl (C=O) groups excluding carboxylic acids is 1. The van der Waals surface area contributed by atoms with Crippen LogP contribution in [-0.2, 0) is 0 Å². The molecule has 0 heterocycles. The monoisotopic (exact) mass is 395 g/mol. The van der Waals surface area contributed by atoms with Crippen LogP contribution in [0.2, 0.25) is 0 Å². The van der Waals surface area contributed by atoms with E-state index in [0.29, 0.717) is 16.8 Å². The quantitative estimate of drug-likeness (QED) is 0.776. The highest BCUT2D eigenvalue weighted by atomic mass is 127. The number of aromatic carboxylic acids is 1. The van der Waals surface area contributed by atoms with E-state index < -0.39 is 5.97 Å². The fourth-order valence-corrected chi connectivity index (χ4v) is 2.56. The minimum absolute atomic E-state index is 0.187. The molecule has 0 saturated heterocycles. The summed E-state index contributed by atoms with van der Waals surface area (Å²) in [5.74, 6) is -1.25. The highest BCUT2D eigenvalue weighted by Gasteiger charge is 2.13. The average Bonchev–Trinajstić information content (AvgIpc) is 2.43. The average molecular weight is 395 g/mol. The number of anilines is 1. The van der Waals surface area contributed by atoms with Gasteiger partial charge in [0.15, 0.2) is 0 Å². The molecular weight excluding hydrogens is 381 g/mol. The number of halogens is 1. The molecule has 0 aromatic heterocycles. The van der Waals surface area contributed by atoms with E-state index >= 15 is 0 Å². The predicted molar refractivity (Wildman–Crippen MR) is 90.0 cm³/mol. The zero-order valence-electron chi connectivity index (χ0n) is 11.6. The van der Waals surface area contributed by atoms with Gasteiger partial charge in [-0.15, -0.1) is 0 Å². The second-order valence-corrected chi connectivity index (χ2v) is 5.80. The molecule has 5 heteroatoms. The zero-order chi connectivity index (χ0) is 15.6. The molecule has 0 fully saturated rings. The van der Waals surface area contributed by atoms with Crippen LogP contribution < -0.4 is 5.32 Å². The van der Waals surface area contributed by atoms with Gasteiger partial charge in [0.25, 0.3) is 5.91 Å². The molecular formula is C16H14INO3. The number of amides is 1. The third-order valence-corrected chi connectivity index (χ3v) is 4.59. The summed E-state index contributed by atoms with van der Waals surface area (Å²) in [6.07, 6.45) is 0. The second-order valence-electron chi connectivity index (χ2n) is 4.73. The molecule has 0 aliphatic rings. The molecule has 0 saturated carbocycles. The number of hydrogen-bond acceptors (Lipinski definition) is 2. The Morgan fingerprint density at radius 1 is 1.05 bits per heavy atom. The van der Waals surface area contributed by atoms with E-state index in [4.69, 9.17) is 5.11 Å². The Hall–Kier alpha value is -1.89. The standard InChI is InChI=1S/C16H14INO3/c1-9-6-7-11(8-13(9)16(20)21)18-15(19)12-5-3-4-10(2)14(12)17/h3-8H,1-2H3,(H,18,19)(H,20,21). The summed E-state index contributed by atoms with van der Waals surface area (Å²) in [6, 6.07) is 10.4. The number of carboxylic acids is 1. The first-order valence-corrected chi connectivity index (χ1v) is 7.38. The lowest BCUT2D eigenvalue weighted by Gasteiger charge is -2.10. The number of hydrogen-bond donors (Lipinski definition) is 2. The molecule has 0 aliphatic carbocycles. The van der Waals surface area contributed by atoms with Gasteiger partial charge in [0.05, 0.1) is 11.1 Å². The van der Waals surface area contributed by atoms with Gasteiger partial charge in [-0.1, -0.05) is 18.2 Å². The molecule has 0 atom stereocenters. The van der Waals surface area contributed by atoms with Crippen molar-refractivity contribution in [2.24, 2.45) is 0 Å². The van der Waals surface area contributed by atoms with E-state index in [1.807, 2.05) is 19.1 Å². The van der Waals surface area contributed by atoms with Crippen molar-refractivity contribution in [3.63, 3.8) is 0 Å². The van der Waals surface area contributed by atoms with Crippen LogP contribution in [0.3, 0.4) is 0 Å². The number of carboxylic acid groups (broad SMARTS) is 1. The van der Waals surface area contributed by atoms with Crippen molar-refractivity contribution in [1.82, 2.24) is 0 Å². The molecule has 1 amide bonds. The second kappa shape index (κ2) is 6.26. The highest BCUT2D eigenvalue weighted by Crippen LogP contribution is 2.20. The van der Waals surface area contributed by atoms with Gasteiger partial charge in [-0.05, 0) is 65.8 Å². The Labute approximate surface area is 136 Å². The van der Waals surface area contributed by atoms with Crippen molar-refractivity contribution >= 4 is 40.2 Å². The summed E-state index contributed by atoms with van der Waals surface area (Å²) in [6.45, 7) is 3.66. The van der Waals surface area contributed by atoms with Crippen molar-refractivity contribution in [3.8, 4) is 0 Å². The van der Waals surface area contributed by atoms with Crippen molar-refractivity contribution in [2.45, 2.75) is 13.8 Å². The number of aryl methyl sites for hydroxylation is 2. The largest absolute Gasteiger partial charge is 0.478 e. The first-order chi connectivity index (χ1) is 9.90. The van der Waals surface area contributed by atoms with Gasteiger partial charge < -0.3 is 10.4 Å². The molecule has 21 heavy (non-hydrogen) atoms. The minimum Gasteiger partial charge on any atom is -0.478 e. The lowest BCUT2D eigenvalue weighted by molar-refractivity contribution is 0.0695. The van der Waals surface area contributed by atoms with Crippen LogP contribution in [0.4, 0.5) is 5.69 Å². The Kier molecular flexibility index (Phi) is 4.62. The molecule has 2 aromatic carbocycles. The zero-order valence-corrected chi connectivity index (χ0v) is 13.8. The lowest BCUT2D eigenvalue weighted by atomic mass is 10.1. The predicted octanol–water partition coefficient (Wildman–Crippen LogP) is 3.86. The van der Waals surface area contributed by atoms with E-state index in [1.54, 1.807) is 25.1 Å². The number of nitrogens with one attached hydrogen (secondary N) is 1. The fraction of sp³-hybridized carbons (Fsp3) is 0.125. The van der Waals surface area contributed by atoms with Crippen molar-refractivity contribution in [1.29, 1.82) is 0 Å². The van der Waals surface area contributed by atoms with Crippen molar-refractivity contribution < 1.29 is 14.7 Å². The molecule has 0 radical (unpaired) electrons. The van der Waals surface area contributed by atoms with Crippen LogP contribution in [0, 0.1) is 17.4 Å². The van der Waals surface area contributed by atoms with Crippen LogP contribution in [0.15, 0.2) is 36.4 Å². The molecule has 4 nitrogen and oxygen atoms in total. The smallest absolute Gasteiger partial charge is 0.336 e. The van der Waals surface area contributed by atoms with E-state index in [-0.39, 0.29) is 11.5 Å². The van der Waals surface area contributed by atoms with E-state index in [9.17, 15) is 9.59 Å². The van der Waals surface area contributed by atoms with Crippen molar-refractivity contribution in [3.05, 3.63) is 62.2 Å². The maximum atomic E-state index is 12.3. The molecule has 0 unspecified atom stereocenters. The van der Waals surface area contributed by atoms with Gasteiger partial charge >= 0.3 is 5.97 Å². The summed E-state index contributed by atoms with van der Waals surface area (Å²) in [5, 5.41) is 11.8. The fourth-order valence-electron chi connectivity index (χ4n) is 1.95. The Morgan fingerprint density at radius 3 is 2.43 bits per heavy atom. The number of benzene rings is 2. The lowest BCUT2D eigenvalue weighted by Crippen LogP contribution is -2.14. The summed E-state index contributed by atoms with van der Waals surface area (Å²) in [7, 11) is 0. The van der Waals surface area contributed by atoms with Crippen molar-refractivity contribution in [2.75, 3.05) is 5.32 Å². The SMILES string of the molecule is Cc1ccc(NC(=O)c2cccc(C)c2I)cc1C(=O)O. The first-order valence-electron chi connectivity index (χ1n) is 6.30. The van der Waals surface area contributed by atoms with Gasteiger partial charge in [-0.3, -0.25) is 4.79 Å². The first kappa shape index (κ1) is 15.5. The Morgan fingerprint density at radius 2 is 1.76 bits per heavy atom. The summed E-state index contributed by atoms with van der Waals surface area (Å²) >= 11 is 2.13. The highest BCUT2D eigenvalue weighted by molar-refractivity contribution is 14.1. The number of carbonyl (C=O) groups is 2. The topological polar surface area (TPSA) is 66.4 Å². The van der Waals surface area contributed by atoms with Crippen LogP contribution in [-0.4, -0.2) is 17.0 Å². The van der Waals surface area contributed by atoms with Gasteiger partial charge in [-0.2, -0.15) is 0 Å². The third-order valence-electron chi connectivity index (χ3n) is 3.16. The third kappa shape index (κ3) is 3.41. The van der Waals surface area contributed by atoms with E-state index in [1.165, 1.54) is 6.07 Å². The van der Waals surface area contributed by atoms with Gasteiger partial charge in [-0.25, -0.2) is 4.79 Å². The minimum atomic E-state index is -1.01.